The van der Waals surface area contributed by atoms with E-state index in [1.807, 2.05) is 13.0 Å². The largest absolute Gasteiger partial charge is 0.573 e. The number of benzene rings is 1. The molecule has 0 saturated heterocycles. The van der Waals surface area contributed by atoms with Gasteiger partial charge in [-0.25, -0.2) is 0 Å². The van der Waals surface area contributed by atoms with E-state index in [0.29, 0.717) is 42.9 Å². The minimum Gasteiger partial charge on any atom is -0.464 e. The molecule has 2 aromatic rings. The normalized spacial score (nSPS) is 22.9. The number of alkyl halides is 3. The molecule has 6 nitrogen and oxygen atoms in total. The third kappa shape index (κ3) is 5.86. The average molecular weight is 533 g/mol. The highest BCUT2D eigenvalue weighted by Crippen LogP contribution is 2.49. The molecule has 38 heavy (non-hydrogen) atoms. The number of hydrogen-bond donors (Lipinski definition) is 1. The third-order valence-corrected chi connectivity index (χ3v) is 8.59. The lowest BCUT2D eigenvalue weighted by atomic mass is 9.89. The maximum Gasteiger partial charge on any atom is 0.573 e. The van der Waals surface area contributed by atoms with Crippen LogP contribution in [0.5, 0.6) is 5.75 Å². The average Bonchev–Trinajstić information content (AvgIpc) is 3.51. The Hall–Kier alpha value is -2.97. The van der Waals surface area contributed by atoms with Gasteiger partial charge >= 0.3 is 6.36 Å². The van der Waals surface area contributed by atoms with E-state index in [0.717, 1.165) is 55.5 Å². The van der Waals surface area contributed by atoms with Gasteiger partial charge in [0.15, 0.2) is 0 Å². The summed E-state index contributed by atoms with van der Waals surface area (Å²) in [6.45, 7) is 5.09. The van der Waals surface area contributed by atoms with Crippen molar-refractivity contribution >= 4 is 12.4 Å². The molecule has 1 aromatic heterocycles. The van der Waals surface area contributed by atoms with Gasteiger partial charge < -0.3 is 19.4 Å². The lowest BCUT2D eigenvalue weighted by Gasteiger charge is -2.34. The van der Waals surface area contributed by atoms with E-state index in [4.69, 9.17) is 4.74 Å². The van der Waals surface area contributed by atoms with Gasteiger partial charge in [0.1, 0.15) is 11.9 Å². The van der Waals surface area contributed by atoms with Crippen LogP contribution in [0.4, 0.5) is 13.2 Å². The van der Waals surface area contributed by atoms with Gasteiger partial charge in [-0.1, -0.05) is 26.2 Å². The zero-order chi connectivity index (χ0) is 27.1. The Bertz CT molecular complexity index is 1190. The van der Waals surface area contributed by atoms with E-state index in [1.54, 1.807) is 6.07 Å². The Labute approximate surface area is 220 Å². The number of halogens is 3. The van der Waals surface area contributed by atoms with Crippen LogP contribution in [-0.2, 0) is 21.5 Å². The molecule has 1 aromatic carbocycles. The Morgan fingerprint density at radius 3 is 2.47 bits per heavy atom. The molecule has 0 unspecified atom stereocenters. The van der Waals surface area contributed by atoms with Crippen LogP contribution in [0.15, 0.2) is 24.3 Å². The minimum atomic E-state index is -4.79. The van der Waals surface area contributed by atoms with Crippen LogP contribution in [-0.4, -0.2) is 35.5 Å². The van der Waals surface area contributed by atoms with Gasteiger partial charge in [0.05, 0.1) is 5.56 Å². The Morgan fingerprint density at radius 1 is 1.13 bits per heavy atom. The van der Waals surface area contributed by atoms with Crippen LogP contribution < -0.4 is 10.1 Å². The van der Waals surface area contributed by atoms with E-state index in [1.165, 1.54) is 18.6 Å². The highest BCUT2D eigenvalue weighted by atomic mass is 19.4. The van der Waals surface area contributed by atoms with Crippen molar-refractivity contribution < 1.29 is 32.2 Å². The van der Waals surface area contributed by atoms with Crippen molar-refractivity contribution in [2.24, 2.45) is 5.92 Å². The second-order valence-corrected chi connectivity index (χ2v) is 11.5. The quantitative estimate of drug-likeness (QED) is 0.378. The standard InChI is InChI=1S/C29H35F3N2O4/c1-18-25(27(36)33-22-13-23(14-22)37-17-35)15-26(34(18)16-19-6-4-3-5-7-19)20-10-21(28(2)8-9-28)12-24(11-20)38-29(30,31)32/h10-12,15,17,19,22-23H,3-9,13-14,16H2,1-2H3,(H,33,36)/t22-,23-. The first kappa shape index (κ1) is 26.6. The molecule has 206 valence electrons. The molecule has 3 saturated carbocycles. The number of carbonyl (C=O) groups excluding carboxylic acids is 2. The number of carbonyl (C=O) groups is 2. The predicted octanol–water partition coefficient (Wildman–Crippen LogP) is 6.43. The summed E-state index contributed by atoms with van der Waals surface area (Å²) in [6, 6.07) is 6.60. The second-order valence-electron chi connectivity index (χ2n) is 11.5. The fourth-order valence-corrected chi connectivity index (χ4v) is 5.88. The van der Waals surface area contributed by atoms with Gasteiger partial charge in [-0.2, -0.15) is 0 Å². The molecule has 3 aliphatic carbocycles. The van der Waals surface area contributed by atoms with E-state index in [9.17, 15) is 22.8 Å². The zero-order valence-corrected chi connectivity index (χ0v) is 21.9. The first-order valence-corrected chi connectivity index (χ1v) is 13.6. The van der Waals surface area contributed by atoms with E-state index >= 15 is 0 Å². The Balaban J connectivity index is 1.50. The van der Waals surface area contributed by atoms with Crippen LogP contribution in [0.25, 0.3) is 11.3 Å². The summed E-state index contributed by atoms with van der Waals surface area (Å²) < 4.78 is 51.1. The summed E-state index contributed by atoms with van der Waals surface area (Å²) in [7, 11) is 0. The maximum atomic E-state index is 13.3. The molecule has 0 radical (unpaired) electrons. The van der Waals surface area contributed by atoms with Crippen molar-refractivity contribution in [3.8, 4) is 17.0 Å². The second kappa shape index (κ2) is 10.3. The third-order valence-electron chi connectivity index (χ3n) is 8.59. The lowest BCUT2D eigenvalue weighted by molar-refractivity contribution is -0.274. The van der Waals surface area contributed by atoms with Crippen molar-refractivity contribution in [2.75, 3.05) is 0 Å². The van der Waals surface area contributed by atoms with Crippen molar-refractivity contribution in [3.05, 3.63) is 41.1 Å². The number of nitrogens with zero attached hydrogens (tertiary/aromatic N) is 1. The van der Waals surface area contributed by atoms with Gasteiger partial charge in [0.25, 0.3) is 12.4 Å². The molecular weight excluding hydrogens is 497 g/mol. The van der Waals surface area contributed by atoms with E-state index in [2.05, 4.69) is 21.5 Å². The number of nitrogens with one attached hydrogen (secondary N) is 1. The molecule has 9 heteroatoms. The summed E-state index contributed by atoms with van der Waals surface area (Å²) in [4.78, 5) is 23.9. The molecule has 0 atom stereocenters. The lowest BCUT2D eigenvalue weighted by Crippen LogP contribution is -2.47. The van der Waals surface area contributed by atoms with Crippen LogP contribution in [0.1, 0.15) is 86.3 Å². The van der Waals surface area contributed by atoms with Crippen LogP contribution in [0, 0.1) is 12.8 Å². The van der Waals surface area contributed by atoms with Gasteiger partial charge in [-0.05, 0) is 73.8 Å². The van der Waals surface area contributed by atoms with Gasteiger partial charge in [-0.15, -0.1) is 13.2 Å². The monoisotopic (exact) mass is 532 g/mol. The summed E-state index contributed by atoms with van der Waals surface area (Å²) >= 11 is 0. The molecule has 3 fully saturated rings. The fraction of sp³-hybridized carbons (Fsp3) is 0.586. The topological polar surface area (TPSA) is 69.6 Å². The first-order chi connectivity index (χ1) is 18.0. The molecular formula is C29H35F3N2O4. The Morgan fingerprint density at radius 2 is 1.84 bits per heavy atom. The molecule has 0 bridgehead atoms. The molecule has 5 rings (SSSR count). The molecule has 1 N–H and O–H groups in total. The summed E-state index contributed by atoms with van der Waals surface area (Å²) in [5.74, 6) is -0.00641. The van der Waals surface area contributed by atoms with Crippen molar-refractivity contribution in [3.63, 3.8) is 0 Å². The highest BCUT2D eigenvalue weighted by molar-refractivity contribution is 5.97. The van der Waals surface area contributed by atoms with Crippen LogP contribution in [0.3, 0.4) is 0 Å². The summed E-state index contributed by atoms with van der Waals surface area (Å²) in [6.07, 6.45) is 3.73. The van der Waals surface area contributed by atoms with Crippen molar-refractivity contribution in [2.45, 2.75) is 102 Å². The number of ether oxygens (including phenoxy) is 2. The summed E-state index contributed by atoms with van der Waals surface area (Å²) in [5, 5.41) is 3.02. The number of amides is 1. The number of hydrogen-bond acceptors (Lipinski definition) is 4. The zero-order valence-electron chi connectivity index (χ0n) is 21.9. The fourth-order valence-electron chi connectivity index (χ4n) is 5.88. The Kier molecular flexibility index (Phi) is 7.22. The number of rotatable bonds is 9. The van der Waals surface area contributed by atoms with E-state index < -0.39 is 6.36 Å². The number of aromatic nitrogens is 1. The molecule has 0 aliphatic heterocycles. The first-order valence-electron chi connectivity index (χ1n) is 13.6. The SMILES string of the molecule is Cc1c(C(=O)N[C@H]2C[C@H](OC=O)C2)cc(-c2cc(OC(F)(F)F)cc(C3(C)CC3)c2)n1CC1CCCCC1. The molecule has 3 aliphatic rings. The van der Waals surface area contributed by atoms with E-state index in [-0.39, 0.29) is 29.2 Å². The van der Waals surface area contributed by atoms with Crippen molar-refractivity contribution in [1.29, 1.82) is 0 Å². The van der Waals surface area contributed by atoms with Gasteiger partial charge in [-0.3, -0.25) is 9.59 Å². The maximum absolute atomic E-state index is 13.3. The van der Waals surface area contributed by atoms with Crippen LogP contribution in [0.2, 0.25) is 0 Å². The molecule has 1 heterocycles. The molecule has 0 spiro atoms. The minimum absolute atomic E-state index is 0.0815. The predicted molar refractivity (Wildman–Crippen MR) is 136 cm³/mol. The van der Waals surface area contributed by atoms with Gasteiger partial charge in [0, 0.05) is 42.4 Å². The highest BCUT2D eigenvalue weighted by Gasteiger charge is 2.40. The molecule has 1 amide bonds. The smallest absolute Gasteiger partial charge is 0.464 e. The van der Waals surface area contributed by atoms with Crippen LogP contribution >= 0.6 is 0 Å². The van der Waals surface area contributed by atoms with Gasteiger partial charge in [0.2, 0.25) is 0 Å². The van der Waals surface area contributed by atoms with Crippen molar-refractivity contribution in [1.82, 2.24) is 9.88 Å². The summed E-state index contributed by atoms with van der Waals surface area (Å²) in [5.41, 5.74) is 3.31.